The van der Waals surface area contributed by atoms with Crippen LogP contribution in [0.25, 0.3) is 0 Å². The predicted octanol–water partition coefficient (Wildman–Crippen LogP) is 1.60. The minimum atomic E-state index is 0.108. The van der Waals surface area contributed by atoms with Crippen molar-refractivity contribution in [2.45, 2.75) is 39.3 Å². The van der Waals surface area contributed by atoms with Crippen LogP contribution in [0.4, 0.5) is 0 Å². The SMILES string of the molecule is CNC(=O)CN1CCC(NCc2ccc(C)c(C)c2)CC1. The Kier molecular flexibility index (Phi) is 5.76. The van der Waals surface area contributed by atoms with Gasteiger partial charge >= 0.3 is 0 Å². The Balaban J connectivity index is 1.73. The number of likely N-dealkylation sites (N-methyl/N-ethyl adjacent to an activating group) is 1. The van der Waals surface area contributed by atoms with E-state index < -0.39 is 0 Å². The smallest absolute Gasteiger partial charge is 0.233 e. The molecule has 0 bridgehead atoms. The number of hydrogen-bond acceptors (Lipinski definition) is 3. The quantitative estimate of drug-likeness (QED) is 0.865. The maximum atomic E-state index is 11.4. The van der Waals surface area contributed by atoms with Gasteiger partial charge in [-0.3, -0.25) is 9.69 Å². The zero-order chi connectivity index (χ0) is 15.2. The van der Waals surface area contributed by atoms with Crippen LogP contribution in [0.15, 0.2) is 18.2 Å². The molecule has 21 heavy (non-hydrogen) atoms. The molecule has 1 saturated heterocycles. The molecule has 0 unspecified atom stereocenters. The van der Waals surface area contributed by atoms with Crippen LogP contribution in [-0.4, -0.2) is 43.5 Å². The third kappa shape index (κ3) is 4.83. The number of carbonyl (C=O) groups is 1. The summed E-state index contributed by atoms with van der Waals surface area (Å²) in [5, 5.41) is 6.33. The van der Waals surface area contributed by atoms with Crippen molar-refractivity contribution < 1.29 is 4.79 Å². The van der Waals surface area contributed by atoms with E-state index in [2.05, 4.69) is 47.6 Å². The number of rotatable bonds is 5. The molecule has 2 rings (SSSR count). The summed E-state index contributed by atoms with van der Waals surface area (Å²) in [6, 6.07) is 7.23. The van der Waals surface area contributed by atoms with Gasteiger partial charge in [0.1, 0.15) is 0 Å². The lowest BCUT2D eigenvalue weighted by molar-refractivity contribution is -0.122. The van der Waals surface area contributed by atoms with E-state index in [-0.39, 0.29) is 5.91 Å². The fourth-order valence-corrected chi connectivity index (χ4v) is 2.75. The van der Waals surface area contributed by atoms with Crippen molar-refractivity contribution >= 4 is 5.91 Å². The maximum Gasteiger partial charge on any atom is 0.233 e. The Labute approximate surface area is 127 Å². The summed E-state index contributed by atoms with van der Waals surface area (Å²) in [6.45, 7) is 7.77. The molecule has 0 radical (unpaired) electrons. The van der Waals surface area contributed by atoms with Crippen molar-refractivity contribution in [1.82, 2.24) is 15.5 Å². The highest BCUT2D eigenvalue weighted by molar-refractivity contribution is 5.77. The molecule has 4 heteroatoms. The van der Waals surface area contributed by atoms with Crippen molar-refractivity contribution in [2.24, 2.45) is 0 Å². The number of likely N-dealkylation sites (tertiary alicyclic amines) is 1. The van der Waals surface area contributed by atoms with Gasteiger partial charge in [-0.05, 0) is 43.4 Å². The van der Waals surface area contributed by atoms with Crippen LogP contribution in [0, 0.1) is 13.8 Å². The van der Waals surface area contributed by atoms with E-state index in [9.17, 15) is 4.79 Å². The van der Waals surface area contributed by atoms with Gasteiger partial charge < -0.3 is 10.6 Å². The Morgan fingerprint density at radius 2 is 1.95 bits per heavy atom. The number of benzene rings is 1. The van der Waals surface area contributed by atoms with Crippen molar-refractivity contribution in [3.63, 3.8) is 0 Å². The standard InChI is InChI=1S/C17H27N3O/c1-13-4-5-15(10-14(13)2)11-19-16-6-8-20(9-7-16)12-17(21)18-3/h4-5,10,16,19H,6-9,11-12H2,1-3H3,(H,18,21). The molecule has 0 atom stereocenters. The minimum Gasteiger partial charge on any atom is -0.358 e. The lowest BCUT2D eigenvalue weighted by Crippen LogP contribution is -2.45. The molecule has 0 spiro atoms. The molecular weight excluding hydrogens is 262 g/mol. The van der Waals surface area contributed by atoms with Gasteiger partial charge in [-0.25, -0.2) is 0 Å². The Morgan fingerprint density at radius 1 is 1.24 bits per heavy atom. The monoisotopic (exact) mass is 289 g/mol. The number of amides is 1. The van der Waals surface area contributed by atoms with Crippen LogP contribution in [0.1, 0.15) is 29.5 Å². The van der Waals surface area contributed by atoms with Crippen LogP contribution in [-0.2, 0) is 11.3 Å². The van der Waals surface area contributed by atoms with E-state index in [1.165, 1.54) is 16.7 Å². The second-order valence-electron chi connectivity index (χ2n) is 6.02. The second kappa shape index (κ2) is 7.57. The Morgan fingerprint density at radius 3 is 2.57 bits per heavy atom. The van der Waals surface area contributed by atoms with Crippen molar-refractivity contribution in [3.8, 4) is 0 Å². The van der Waals surface area contributed by atoms with Crippen molar-refractivity contribution in [1.29, 1.82) is 0 Å². The molecule has 0 aliphatic carbocycles. The molecule has 116 valence electrons. The third-order valence-corrected chi connectivity index (χ3v) is 4.40. The summed E-state index contributed by atoms with van der Waals surface area (Å²) in [6.07, 6.45) is 2.23. The van der Waals surface area contributed by atoms with Gasteiger partial charge in [0.15, 0.2) is 0 Å². The number of carbonyl (C=O) groups excluding carboxylic acids is 1. The van der Waals surface area contributed by atoms with E-state index in [0.29, 0.717) is 12.6 Å². The predicted molar refractivity (Wildman–Crippen MR) is 86.3 cm³/mol. The van der Waals surface area contributed by atoms with E-state index in [1.54, 1.807) is 7.05 Å². The highest BCUT2D eigenvalue weighted by Gasteiger charge is 2.19. The van der Waals surface area contributed by atoms with Gasteiger partial charge in [0.25, 0.3) is 0 Å². The largest absolute Gasteiger partial charge is 0.358 e. The first-order chi connectivity index (χ1) is 10.1. The lowest BCUT2D eigenvalue weighted by atomic mass is 10.0. The molecule has 1 fully saturated rings. The average molecular weight is 289 g/mol. The van der Waals surface area contributed by atoms with Crippen LogP contribution < -0.4 is 10.6 Å². The normalized spacial score (nSPS) is 16.9. The van der Waals surface area contributed by atoms with Crippen molar-refractivity contribution in [3.05, 3.63) is 34.9 Å². The number of piperidine rings is 1. The maximum absolute atomic E-state index is 11.4. The fourth-order valence-electron chi connectivity index (χ4n) is 2.75. The number of nitrogens with zero attached hydrogens (tertiary/aromatic N) is 1. The zero-order valence-corrected chi connectivity index (χ0v) is 13.4. The zero-order valence-electron chi connectivity index (χ0n) is 13.4. The molecule has 1 heterocycles. The van der Waals surface area contributed by atoms with E-state index in [4.69, 9.17) is 0 Å². The molecular formula is C17H27N3O. The van der Waals surface area contributed by atoms with Crippen LogP contribution >= 0.6 is 0 Å². The average Bonchev–Trinajstić information content (AvgIpc) is 2.50. The van der Waals surface area contributed by atoms with Crippen LogP contribution in [0.5, 0.6) is 0 Å². The van der Waals surface area contributed by atoms with E-state index >= 15 is 0 Å². The molecule has 1 aliphatic heterocycles. The van der Waals surface area contributed by atoms with Crippen molar-refractivity contribution in [2.75, 3.05) is 26.7 Å². The molecule has 4 nitrogen and oxygen atoms in total. The van der Waals surface area contributed by atoms with Gasteiger partial charge in [0.05, 0.1) is 6.54 Å². The summed E-state index contributed by atoms with van der Waals surface area (Å²) >= 11 is 0. The van der Waals surface area contributed by atoms with Crippen LogP contribution in [0.2, 0.25) is 0 Å². The molecule has 1 aromatic carbocycles. The molecule has 1 aliphatic rings. The molecule has 1 amide bonds. The van der Waals surface area contributed by atoms with Gasteiger partial charge in [0.2, 0.25) is 5.91 Å². The molecule has 0 saturated carbocycles. The minimum absolute atomic E-state index is 0.108. The Hall–Kier alpha value is -1.39. The van der Waals surface area contributed by atoms with Gasteiger partial charge in [-0.1, -0.05) is 18.2 Å². The van der Waals surface area contributed by atoms with E-state index in [0.717, 1.165) is 32.5 Å². The number of nitrogens with one attached hydrogen (secondary N) is 2. The van der Waals surface area contributed by atoms with Gasteiger partial charge in [-0.15, -0.1) is 0 Å². The Bertz CT molecular complexity index is 479. The van der Waals surface area contributed by atoms with E-state index in [1.807, 2.05) is 0 Å². The highest BCUT2D eigenvalue weighted by atomic mass is 16.1. The third-order valence-electron chi connectivity index (χ3n) is 4.40. The first kappa shape index (κ1) is 16.0. The summed E-state index contributed by atoms with van der Waals surface area (Å²) in [4.78, 5) is 13.6. The highest BCUT2D eigenvalue weighted by Crippen LogP contribution is 2.13. The first-order valence-electron chi connectivity index (χ1n) is 7.81. The number of aryl methyl sites for hydroxylation is 2. The lowest BCUT2D eigenvalue weighted by Gasteiger charge is -2.31. The fraction of sp³-hybridized carbons (Fsp3) is 0.588. The number of hydrogen-bond donors (Lipinski definition) is 2. The summed E-state index contributed by atoms with van der Waals surface area (Å²) in [5.41, 5.74) is 4.06. The summed E-state index contributed by atoms with van der Waals surface area (Å²) in [7, 11) is 1.69. The molecule has 1 aromatic rings. The molecule has 2 N–H and O–H groups in total. The van der Waals surface area contributed by atoms with Gasteiger partial charge in [0, 0.05) is 32.7 Å². The van der Waals surface area contributed by atoms with Crippen LogP contribution in [0.3, 0.4) is 0 Å². The van der Waals surface area contributed by atoms with Gasteiger partial charge in [-0.2, -0.15) is 0 Å². The topological polar surface area (TPSA) is 44.4 Å². The molecule has 0 aromatic heterocycles. The summed E-state index contributed by atoms with van der Waals surface area (Å²) in [5.74, 6) is 0.108. The second-order valence-corrected chi connectivity index (χ2v) is 6.02. The summed E-state index contributed by atoms with van der Waals surface area (Å²) < 4.78 is 0. The first-order valence-corrected chi connectivity index (χ1v) is 7.81.